The largest absolute Gasteiger partial charge is 0.492 e. The zero-order valence-electron chi connectivity index (χ0n) is 15.3. The molecule has 4 heteroatoms. The molecule has 0 spiro atoms. The molecule has 1 heterocycles. The van der Waals surface area contributed by atoms with Gasteiger partial charge < -0.3 is 14.1 Å². The first-order chi connectivity index (χ1) is 13.1. The van der Waals surface area contributed by atoms with E-state index in [0.29, 0.717) is 23.5 Å². The van der Waals surface area contributed by atoms with Crippen molar-refractivity contribution >= 4 is 27.5 Å². The van der Waals surface area contributed by atoms with Crippen molar-refractivity contribution in [3.05, 3.63) is 65.7 Å². The molecule has 1 aliphatic rings. The summed E-state index contributed by atoms with van der Waals surface area (Å²) in [6, 6.07) is 17.5. The van der Waals surface area contributed by atoms with Crippen molar-refractivity contribution in [1.82, 2.24) is 4.90 Å². The average molecular weight is 357 g/mol. The second kappa shape index (κ2) is 5.96. The third kappa shape index (κ3) is 2.37. The number of hydrogen-bond donors (Lipinski definition) is 0. The lowest BCUT2D eigenvalue weighted by atomic mass is 9.85. The van der Waals surface area contributed by atoms with Crippen LogP contribution in [0.3, 0.4) is 0 Å². The Bertz CT molecular complexity index is 1200. The molecule has 0 N–H and O–H groups in total. The number of hydrogen-bond acceptors (Lipinski definition) is 4. The average Bonchev–Trinajstić information content (AvgIpc) is 3.06. The molecule has 4 aromatic rings. The first-order valence-electron chi connectivity index (χ1n) is 9.05. The monoisotopic (exact) mass is 357 g/mol. The predicted molar refractivity (Wildman–Crippen MR) is 107 cm³/mol. The van der Waals surface area contributed by atoms with Crippen LogP contribution >= 0.6 is 0 Å². The standard InChI is InChI=1S/C23H19NO3/c1-24(2)12-13-26-18-11-10-17-20-14(18)7-5-8-16(20)22(25)21-15-6-3-4-9-19(15)27-23(17)21/h3-11H,12-13H2,1-2H3. The maximum Gasteiger partial charge on any atom is 0.198 e. The van der Waals surface area contributed by atoms with E-state index in [1.807, 2.05) is 68.7 Å². The molecule has 0 saturated carbocycles. The molecule has 0 radical (unpaired) electrons. The van der Waals surface area contributed by atoms with Crippen molar-refractivity contribution in [3.63, 3.8) is 0 Å². The normalized spacial score (nSPS) is 12.8. The molecule has 5 rings (SSSR count). The van der Waals surface area contributed by atoms with E-state index in [1.165, 1.54) is 0 Å². The highest BCUT2D eigenvalue weighted by Gasteiger charge is 2.31. The van der Waals surface area contributed by atoms with E-state index in [2.05, 4.69) is 4.90 Å². The molecule has 0 bridgehead atoms. The Morgan fingerprint density at radius 3 is 2.59 bits per heavy atom. The fourth-order valence-corrected chi connectivity index (χ4v) is 3.82. The van der Waals surface area contributed by atoms with Crippen LogP contribution in [-0.2, 0) is 0 Å². The van der Waals surface area contributed by atoms with Gasteiger partial charge in [0.2, 0.25) is 0 Å². The van der Waals surface area contributed by atoms with Gasteiger partial charge in [0.05, 0.1) is 5.56 Å². The van der Waals surface area contributed by atoms with E-state index < -0.39 is 0 Å². The lowest BCUT2D eigenvalue weighted by molar-refractivity contribution is 0.104. The van der Waals surface area contributed by atoms with E-state index in [0.717, 1.165) is 39.6 Å². The van der Waals surface area contributed by atoms with Gasteiger partial charge in [-0.15, -0.1) is 0 Å². The second-order valence-corrected chi connectivity index (χ2v) is 7.12. The number of benzene rings is 3. The third-order valence-corrected chi connectivity index (χ3v) is 5.11. The number of para-hydroxylation sites is 1. The number of likely N-dealkylation sites (N-methyl/N-ethyl adjacent to an activating group) is 1. The number of furan rings is 1. The third-order valence-electron chi connectivity index (χ3n) is 5.11. The Hall–Kier alpha value is -3.11. The Kier molecular flexibility index (Phi) is 3.55. The summed E-state index contributed by atoms with van der Waals surface area (Å²) in [4.78, 5) is 15.4. The molecule has 0 unspecified atom stereocenters. The molecule has 0 saturated heterocycles. The molecule has 0 fully saturated rings. The Morgan fingerprint density at radius 2 is 1.74 bits per heavy atom. The number of nitrogens with zero attached hydrogens (tertiary/aromatic N) is 1. The van der Waals surface area contributed by atoms with Gasteiger partial charge in [0.1, 0.15) is 23.7 Å². The highest BCUT2D eigenvalue weighted by molar-refractivity contribution is 6.29. The Balaban J connectivity index is 1.73. The van der Waals surface area contributed by atoms with E-state index in [-0.39, 0.29) is 5.78 Å². The first-order valence-corrected chi connectivity index (χ1v) is 9.05. The Morgan fingerprint density at radius 1 is 0.926 bits per heavy atom. The lowest BCUT2D eigenvalue weighted by Gasteiger charge is -2.19. The molecule has 134 valence electrons. The minimum absolute atomic E-state index is 0.0125. The number of ether oxygens (including phenoxy) is 1. The highest BCUT2D eigenvalue weighted by atomic mass is 16.5. The zero-order chi connectivity index (χ0) is 18.5. The van der Waals surface area contributed by atoms with Crippen LogP contribution in [0.2, 0.25) is 0 Å². The molecule has 0 aliphatic heterocycles. The minimum Gasteiger partial charge on any atom is -0.492 e. The van der Waals surface area contributed by atoms with E-state index >= 15 is 0 Å². The topological polar surface area (TPSA) is 42.7 Å². The maximum atomic E-state index is 13.3. The van der Waals surface area contributed by atoms with Gasteiger partial charge in [0.15, 0.2) is 5.78 Å². The second-order valence-electron chi connectivity index (χ2n) is 7.12. The van der Waals surface area contributed by atoms with Crippen LogP contribution in [0.15, 0.2) is 59.0 Å². The molecular formula is C23H19NO3. The molecule has 3 aromatic carbocycles. The quantitative estimate of drug-likeness (QED) is 0.466. The number of ketones is 1. The number of carbonyl (C=O) groups excluding carboxylic acids is 1. The van der Waals surface area contributed by atoms with Crippen LogP contribution < -0.4 is 4.74 Å². The number of rotatable bonds is 4. The fourth-order valence-electron chi connectivity index (χ4n) is 3.82. The molecule has 1 aliphatic carbocycles. The molecule has 0 atom stereocenters. The van der Waals surface area contributed by atoms with Crippen LogP contribution in [-0.4, -0.2) is 37.9 Å². The summed E-state index contributed by atoms with van der Waals surface area (Å²) in [5, 5.41) is 2.73. The van der Waals surface area contributed by atoms with Crippen molar-refractivity contribution < 1.29 is 13.9 Å². The van der Waals surface area contributed by atoms with Crippen LogP contribution in [0.5, 0.6) is 5.75 Å². The van der Waals surface area contributed by atoms with Gasteiger partial charge in [-0.3, -0.25) is 4.79 Å². The first kappa shape index (κ1) is 16.1. The molecule has 27 heavy (non-hydrogen) atoms. The molecular weight excluding hydrogens is 338 g/mol. The summed E-state index contributed by atoms with van der Waals surface area (Å²) >= 11 is 0. The number of carbonyl (C=O) groups is 1. The van der Waals surface area contributed by atoms with Crippen LogP contribution in [0.25, 0.3) is 33.1 Å². The summed E-state index contributed by atoms with van der Waals surface area (Å²) in [5.41, 5.74) is 3.06. The van der Waals surface area contributed by atoms with Crippen LogP contribution in [0.4, 0.5) is 0 Å². The van der Waals surface area contributed by atoms with Crippen molar-refractivity contribution in [3.8, 4) is 17.1 Å². The van der Waals surface area contributed by atoms with Crippen molar-refractivity contribution in [2.45, 2.75) is 0 Å². The molecule has 0 amide bonds. The Labute approximate surface area is 156 Å². The maximum absolute atomic E-state index is 13.3. The number of fused-ring (bicyclic) bond motifs is 4. The lowest BCUT2D eigenvalue weighted by Crippen LogP contribution is -2.19. The van der Waals surface area contributed by atoms with Gasteiger partial charge in [0.25, 0.3) is 0 Å². The summed E-state index contributed by atoms with van der Waals surface area (Å²) < 4.78 is 12.1. The van der Waals surface area contributed by atoms with Crippen LogP contribution in [0, 0.1) is 0 Å². The zero-order valence-corrected chi connectivity index (χ0v) is 15.3. The van der Waals surface area contributed by atoms with Gasteiger partial charge in [-0.05, 0) is 32.3 Å². The summed E-state index contributed by atoms with van der Waals surface area (Å²) in [5.74, 6) is 1.47. The van der Waals surface area contributed by atoms with Crippen molar-refractivity contribution in [2.24, 2.45) is 0 Å². The van der Waals surface area contributed by atoms with E-state index in [1.54, 1.807) is 0 Å². The fraction of sp³-hybridized carbons (Fsp3) is 0.174. The van der Waals surface area contributed by atoms with E-state index in [9.17, 15) is 4.79 Å². The summed E-state index contributed by atoms with van der Waals surface area (Å²) in [6.07, 6.45) is 0. The molecule has 4 nitrogen and oxygen atoms in total. The predicted octanol–water partition coefficient (Wildman–Crippen LogP) is 4.74. The van der Waals surface area contributed by atoms with Gasteiger partial charge in [-0.25, -0.2) is 0 Å². The summed E-state index contributed by atoms with van der Waals surface area (Å²) in [6.45, 7) is 1.42. The van der Waals surface area contributed by atoms with Gasteiger partial charge in [0, 0.05) is 33.8 Å². The SMILES string of the molecule is CN(C)CCOc1ccc2c3c(cccc13)C(=O)c1c-2oc2ccccc12. The van der Waals surface area contributed by atoms with Gasteiger partial charge in [-0.2, -0.15) is 0 Å². The van der Waals surface area contributed by atoms with Gasteiger partial charge >= 0.3 is 0 Å². The highest BCUT2D eigenvalue weighted by Crippen LogP contribution is 2.45. The van der Waals surface area contributed by atoms with Crippen molar-refractivity contribution in [1.29, 1.82) is 0 Å². The van der Waals surface area contributed by atoms with Crippen molar-refractivity contribution in [2.75, 3.05) is 27.2 Å². The van der Waals surface area contributed by atoms with E-state index in [4.69, 9.17) is 9.15 Å². The summed E-state index contributed by atoms with van der Waals surface area (Å²) in [7, 11) is 4.03. The smallest absolute Gasteiger partial charge is 0.198 e. The van der Waals surface area contributed by atoms with Gasteiger partial charge in [-0.1, -0.05) is 36.4 Å². The molecule has 1 aromatic heterocycles. The minimum atomic E-state index is 0.0125. The van der Waals surface area contributed by atoms with Crippen LogP contribution in [0.1, 0.15) is 15.9 Å².